The number of aliphatic carboxylic acids is 1. The van der Waals surface area contributed by atoms with Gasteiger partial charge in [-0.3, -0.25) is 23.9 Å². The fourth-order valence-corrected chi connectivity index (χ4v) is 2.63. The van der Waals surface area contributed by atoms with Crippen molar-refractivity contribution in [3.8, 4) is 0 Å². The molecule has 0 radical (unpaired) electrons. The van der Waals surface area contributed by atoms with Crippen molar-refractivity contribution in [2.45, 2.75) is 57.5 Å². The third-order valence-corrected chi connectivity index (χ3v) is 4.09. The Bertz CT molecular complexity index is 768. The second-order valence-corrected chi connectivity index (χ2v) is 6.19. The number of esters is 1. The van der Waals surface area contributed by atoms with E-state index in [9.17, 15) is 24.3 Å². The molecule has 0 unspecified atom stereocenters. The standard InChI is InChI=1S/C16H22N2O8/c1-9-7-18(16(24)17-15(9)23)12-6-10(19)11(26-12)8-25-14(22)5-3-2-4-13(20)21/h7,10-12,19H,2-6,8H2,1H3,(H,20,21)(H,17,23,24)/t10-,11+,12+/m0/s1. The summed E-state index contributed by atoms with van der Waals surface area (Å²) in [5.41, 5.74) is -0.800. The van der Waals surface area contributed by atoms with Crippen LogP contribution in [-0.2, 0) is 19.1 Å². The average molecular weight is 370 g/mol. The lowest BCUT2D eigenvalue weighted by Gasteiger charge is -2.16. The highest BCUT2D eigenvalue weighted by Crippen LogP contribution is 2.27. The highest BCUT2D eigenvalue weighted by molar-refractivity contribution is 5.69. The smallest absolute Gasteiger partial charge is 0.330 e. The number of ether oxygens (including phenoxy) is 2. The summed E-state index contributed by atoms with van der Waals surface area (Å²) >= 11 is 0. The third-order valence-electron chi connectivity index (χ3n) is 4.09. The van der Waals surface area contributed by atoms with Crippen molar-refractivity contribution < 1.29 is 29.3 Å². The van der Waals surface area contributed by atoms with Gasteiger partial charge in [0.05, 0.1) is 6.10 Å². The molecule has 0 amide bonds. The maximum atomic E-state index is 11.9. The summed E-state index contributed by atoms with van der Waals surface area (Å²) in [7, 11) is 0. The molecule has 1 aliphatic rings. The molecule has 1 aromatic rings. The number of hydrogen-bond donors (Lipinski definition) is 3. The van der Waals surface area contributed by atoms with Crippen molar-refractivity contribution >= 4 is 11.9 Å². The molecule has 3 N–H and O–H groups in total. The molecule has 2 rings (SSSR count). The Morgan fingerprint density at radius 1 is 1.35 bits per heavy atom. The summed E-state index contributed by atoms with van der Waals surface area (Å²) in [6.45, 7) is 1.37. The first-order valence-corrected chi connectivity index (χ1v) is 8.31. The van der Waals surface area contributed by atoms with E-state index >= 15 is 0 Å². The van der Waals surface area contributed by atoms with E-state index < -0.39 is 41.6 Å². The lowest BCUT2D eigenvalue weighted by molar-refractivity contribution is -0.150. The molecule has 0 spiro atoms. The van der Waals surface area contributed by atoms with Crippen LogP contribution in [0.4, 0.5) is 0 Å². The first-order valence-electron chi connectivity index (χ1n) is 8.31. The Morgan fingerprint density at radius 2 is 2.04 bits per heavy atom. The zero-order chi connectivity index (χ0) is 19.3. The molecule has 0 bridgehead atoms. The van der Waals surface area contributed by atoms with E-state index in [-0.39, 0.29) is 25.9 Å². The third kappa shape index (κ3) is 5.27. The summed E-state index contributed by atoms with van der Waals surface area (Å²) < 4.78 is 11.8. The highest BCUT2D eigenvalue weighted by Gasteiger charge is 2.36. The molecule has 1 fully saturated rings. The number of aromatic nitrogens is 2. The monoisotopic (exact) mass is 370 g/mol. The minimum atomic E-state index is -0.932. The number of carboxylic acids is 1. The summed E-state index contributed by atoms with van der Waals surface area (Å²) in [4.78, 5) is 47.5. The molecule has 1 saturated heterocycles. The lowest BCUT2D eigenvalue weighted by atomic mass is 10.2. The van der Waals surface area contributed by atoms with Crippen molar-refractivity contribution in [1.82, 2.24) is 9.55 Å². The van der Waals surface area contributed by atoms with E-state index in [0.29, 0.717) is 18.4 Å². The minimum Gasteiger partial charge on any atom is -0.481 e. The number of rotatable bonds is 8. The van der Waals surface area contributed by atoms with Gasteiger partial charge in [-0.05, 0) is 19.8 Å². The van der Waals surface area contributed by atoms with Gasteiger partial charge >= 0.3 is 17.6 Å². The van der Waals surface area contributed by atoms with Crippen molar-refractivity contribution in [3.05, 3.63) is 32.6 Å². The van der Waals surface area contributed by atoms with Crippen LogP contribution in [-0.4, -0.2) is 50.5 Å². The van der Waals surface area contributed by atoms with Crippen LogP contribution in [0.25, 0.3) is 0 Å². The number of aryl methyl sites for hydroxylation is 1. The molecule has 0 aliphatic carbocycles. The molecule has 1 aliphatic heterocycles. The normalized spacial score (nSPS) is 22.3. The van der Waals surface area contributed by atoms with Gasteiger partial charge in [-0.15, -0.1) is 0 Å². The van der Waals surface area contributed by atoms with Crippen LogP contribution in [0.15, 0.2) is 15.8 Å². The number of carbonyl (C=O) groups excluding carboxylic acids is 1. The van der Waals surface area contributed by atoms with Gasteiger partial charge in [0.2, 0.25) is 0 Å². The van der Waals surface area contributed by atoms with Gasteiger partial charge in [-0.25, -0.2) is 4.79 Å². The molecule has 10 heteroatoms. The van der Waals surface area contributed by atoms with Crippen LogP contribution in [0.1, 0.15) is 43.9 Å². The number of nitrogens with one attached hydrogen (secondary N) is 1. The predicted molar refractivity (Wildman–Crippen MR) is 87.7 cm³/mol. The van der Waals surface area contributed by atoms with Gasteiger partial charge in [0.25, 0.3) is 5.56 Å². The lowest BCUT2D eigenvalue weighted by Crippen LogP contribution is -2.33. The molecule has 10 nitrogen and oxygen atoms in total. The van der Waals surface area contributed by atoms with E-state index in [4.69, 9.17) is 14.6 Å². The number of carbonyl (C=O) groups is 2. The second-order valence-electron chi connectivity index (χ2n) is 6.19. The Kier molecular flexibility index (Phi) is 6.70. The maximum Gasteiger partial charge on any atom is 0.330 e. The van der Waals surface area contributed by atoms with E-state index in [1.807, 2.05) is 0 Å². The number of aliphatic hydroxyl groups is 1. The summed E-state index contributed by atoms with van der Waals surface area (Å²) in [6, 6.07) is 0. The first-order chi connectivity index (χ1) is 12.3. The van der Waals surface area contributed by atoms with Crippen LogP contribution in [0.3, 0.4) is 0 Å². The van der Waals surface area contributed by atoms with E-state index in [0.717, 1.165) is 0 Å². The van der Waals surface area contributed by atoms with Crippen LogP contribution in [0, 0.1) is 6.92 Å². The SMILES string of the molecule is Cc1cn([C@H]2C[C@H](O)[C@@H](COC(=O)CCCCC(=O)O)O2)c(=O)[nH]c1=O. The van der Waals surface area contributed by atoms with Gasteiger partial charge in [0.15, 0.2) is 0 Å². The van der Waals surface area contributed by atoms with Gasteiger partial charge in [-0.1, -0.05) is 0 Å². The number of carboxylic acid groups (broad SMARTS) is 1. The molecule has 1 aromatic heterocycles. The van der Waals surface area contributed by atoms with Crippen LogP contribution in [0.5, 0.6) is 0 Å². The molecule has 0 saturated carbocycles. The van der Waals surface area contributed by atoms with Crippen molar-refractivity contribution in [1.29, 1.82) is 0 Å². The average Bonchev–Trinajstić information content (AvgIpc) is 2.93. The Hall–Kier alpha value is -2.46. The summed E-state index contributed by atoms with van der Waals surface area (Å²) in [5.74, 6) is -1.42. The van der Waals surface area contributed by atoms with E-state index in [2.05, 4.69) is 4.98 Å². The van der Waals surface area contributed by atoms with E-state index in [1.54, 1.807) is 6.92 Å². The van der Waals surface area contributed by atoms with Crippen LogP contribution >= 0.6 is 0 Å². The molecule has 0 aromatic carbocycles. The summed E-state index contributed by atoms with van der Waals surface area (Å²) in [5, 5.41) is 18.6. The van der Waals surface area contributed by atoms with E-state index in [1.165, 1.54) is 10.8 Å². The van der Waals surface area contributed by atoms with Gasteiger partial charge in [-0.2, -0.15) is 0 Å². The number of hydrogen-bond acceptors (Lipinski definition) is 7. The molecule has 2 heterocycles. The zero-order valence-electron chi connectivity index (χ0n) is 14.3. The fourth-order valence-electron chi connectivity index (χ4n) is 2.63. The predicted octanol–water partition coefficient (Wildman–Crippen LogP) is -0.318. The second kappa shape index (κ2) is 8.77. The van der Waals surface area contributed by atoms with Crippen molar-refractivity contribution in [2.75, 3.05) is 6.61 Å². The van der Waals surface area contributed by atoms with Crippen molar-refractivity contribution in [3.63, 3.8) is 0 Å². The topological polar surface area (TPSA) is 148 Å². The zero-order valence-corrected chi connectivity index (χ0v) is 14.3. The van der Waals surface area contributed by atoms with Gasteiger partial charge in [0.1, 0.15) is 18.9 Å². The fraction of sp³-hybridized carbons (Fsp3) is 0.625. The largest absolute Gasteiger partial charge is 0.481 e. The first kappa shape index (κ1) is 19.9. The van der Waals surface area contributed by atoms with Gasteiger partial charge < -0.3 is 19.7 Å². The number of aliphatic hydroxyl groups excluding tert-OH is 1. The Labute approximate surface area is 148 Å². The molecule has 3 atom stereocenters. The quantitative estimate of drug-likeness (QED) is 0.416. The van der Waals surface area contributed by atoms with Crippen molar-refractivity contribution in [2.24, 2.45) is 0 Å². The highest BCUT2D eigenvalue weighted by atomic mass is 16.6. The number of nitrogens with zero attached hydrogens (tertiary/aromatic N) is 1. The number of H-pyrrole nitrogens is 1. The van der Waals surface area contributed by atoms with Crippen LogP contribution in [0.2, 0.25) is 0 Å². The Balaban J connectivity index is 1.84. The van der Waals surface area contributed by atoms with Crippen LogP contribution < -0.4 is 11.2 Å². The molecule has 26 heavy (non-hydrogen) atoms. The number of unbranched alkanes of at least 4 members (excludes halogenated alkanes) is 1. The van der Waals surface area contributed by atoms with Gasteiger partial charge in [0, 0.05) is 31.0 Å². The maximum absolute atomic E-state index is 11.9. The summed E-state index contributed by atoms with van der Waals surface area (Å²) in [6.07, 6.45) is -0.169. The molecule has 144 valence electrons. The molecular weight excluding hydrogens is 348 g/mol. The Morgan fingerprint density at radius 3 is 2.73 bits per heavy atom. The molecular formula is C16H22N2O8. The number of aromatic amines is 1. The minimum absolute atomic E-state index is 0.00720.